The zero-order valence-electron chi connectivity index (χ0n) is 10.7. The second-order valence-corrected chi connectivity index (χ2v) is 4.52. The third-order valence-corrected chi connectivity index (χ3v) is 2.98. The standard InChI is InChI=1S/C14H11ClN4O/c1-20-14-18-12(17-13(15)19-14)8-10-7-6-9-4-2-3-5-11(9)16-10/h2-7H,8H2,1H3. The third-order valence-electron chi connectivity index (χ3n) is 2.81. The van der Waals surface area contributed by atoms with Gasteiger partial charge < -0.3 is 4.74 Å². The molecule has 20 heavy (non-hydrogen) atoms. The SMILES string of the molecule is COc1nc(Cl)nc(Cc2ccc3ccccc3n2)n1. The molecule has 1 aromatic carbocycles. The lowest BCUT2D eigenvalue weighted by Gasteiger charge is -2.04. The predicted octanol–water partition coefficient (Wildman–Crippen LogP) is 2.67. The number of halogens is 1. The third kappa shape index (κ3) is 2.67. The number of ether oxygens (including phenoxy) is 1. The van der Waals surface area contributed by atoms with E-state index >= 15 is 0 Å². The van der Waals surface area contributed by atoms with Gasteiger partial charge in [0.15, 0.2) is 0 Å². The van der Waals surface area contributed by atoms with E-state index in [2.05, 4.69) is 19.9 Å². The molecule has 100 valence electrons. The summed E-state index contributed by atoms with van der Waals surface area (Å²) in [7, 11) is 1.49. The number of rotatable bonds is 3. The highest BCUT2D eigenvalue weighted by Crippen LogP contribution is 2.15. The van der Waals surface area contributed by atoms with E-state index in [9.17, 15) is 0 Å². The summed E-state index contributed by atoms with van der Waals surface area (Å²) in [4.78, 5) is 16.7. The topological polar surface area (TPSA) is 60.8 Å². The van der Waals surface area contributed by atoms with Crippen LogP contribution in [0.1, 0.15) is 11.5 Å². The summed E-state index contributed by atoms with van der Waals surface area (Å²) in [5.41, 5.74) is 1.81. The van der Waals surface area contributed by atoms with Crippen LogP contribution in [0.5, 0.6) is 6.01 Å². The number of benzene rings is 1. The predicted molar refractivity (Wildman–Crippen MR) is 75.9 cm³/mol. The largest absolute Gasteiger partial charge is 0.467 e. The van der Waals surface area contributed by atoms with Crippen LogP contribution >= 0.6 is 11.6 Å². The molecule has 0 spiro atoms. The number of nitrogens with zero attached hydrogens (tertiary/aromatic N) is 4. The van der Waals surface area contributed by atoms with Gasteiger partial charge in [-0.25, -0.2) is 4.98 Å². The van der Waals surface area contributed by atoms with Crippen LogP contribution in [0.15, 0.2) is 36.4 Å². The van der Waals surface area contributed by atoms with Crippen LogP contribution in [0.4, 0.5) is 0 Å². The van der Waals surface area contributed by atoms with Gasteiger partial charge in [-0.3, -0.25) is 4.98 Å². The smallest absolute Gasteiger partial charge is 0.320 e. The Hall–Kier alpha value is -2.27. The fourth-order valence-corrected chi connectivity index (χ4v) is 2.08. The van der Waals surface area contributed by atoms with Gasteiger partial charge in [0.2, 0.25) is 5.28 Å². The molecule has 3 aromatic rings. The molecule has 0 aliphatic carbocycles. The van der Waals surface area contributed by atoms with E-state index in [-0.39, 0.29) is 11.3 Å². The minimum Gasteiger partial charge on any atom is -0.467 e. The quantitative estimate of drug-likeness (QED) is 0.741. The van der Waals surface area contributed by atoms with Crippen LogP contribution in [-0.4, -0.2) is 27.0 Å². The Balaban J connectivity index is 1.94. The molecule has 0 aliphatic heterocycles. The number of pyridine rings is 1. The van der Waals surface area contributed by atoms with Crippen LogP contribution in [0.3, 0.4) is 0 Å². The fourth-order valence-electron chi connectivity index (χ4n) is 1.91. The molecule has 2 aromatic heterocycles. The van der Waals surface area contributed by atoms with Crippen LogP contribution < -0.4 is 4.74 Å². The normalized spacial score (nSPS) is 10.7. The number of aromatic nitrogens is 4. The number of hydrogen-bond acceptors (Lipinski definition) is 5. The summed E-state index contributed by atoms with van der Waals surface area (Å²) in [6, 6.07) is 12.1. The minimum absolute atomic E-state index is 0.118. The molecule has 0 bridgehead atoms. The number of methoxy groups -OCH3 is 1. The molecule has 0 unspecified atom stereocenters. The maximum atomic E-state index is 5.83. The van der Waals surface area contributed by atoms with Crippen LogP contribution in [0, 0.1) is 0 Å². The lowest BCUT2D eigenvalue weighted by atomic mass is 10.2. The highest BCUT2D eigenvalue weighted by Gasteiger charge is 2.07. The molecule has 0 amide bonds. The van der Waals surface area contributed by atoms with Crippen molar-refractivity contribution < 1.29 is 4.74 Å². The highest BCUT2D eigenvalue weighted by molar-refractivity contribution is 6.28. The van der Waals surface area contributed by atoms with Gasteiger partial charge in [-0.2, -0.15) is 9.97 Å². The van der Waals surface area contributed by atoms with Gasteiger partial charge >= 0.3 is 6.01 Å². The minimum atomic E-state index is 0.118. The molecule has 0 N–H and O–H groups in total. The van der Waals surface area contributed by atoms with Crippen LogP contribution in [0.2, 0.25) is 5.28 Å². The first kappa shape index (κ1) is 12.7. The van der Waals surface area contributed by atoms with Crippen molar-refractivity contribution in [2.24, 2.45) is 0 Å². The zero-order chi connectivity index (χ0) is 13.9. The molecule has 0 saturated heterocycles. The van der Waals surface area contributed by atoms with Gasteiger partial charge in [-0.1, -0.05) is 24.3 Å². The molecule has 0 aliphatic rings. The van der Waals surface area contributed by atoms with E-state index in [1.54, 1.807) is 0 Å². The van der Waals surface area contributed by atoms with Crippen molar-refractivity contribution in [3.63, 3.8) is 0 Å². The van der Waals surface area contributed by atoms with Crippen molar-refractivity contribution in [3.8, 4) is 6.01 Å². The molecule has 3 rings (SSSR count). The Morgan fingerprint density at radius 2 is 1.85 bits per heavy atom. The second kappa shape index (κ2) is 5.38. The van der Waals surface area contributed by atoms with Crippen molar-refractivity contribution in [3.05, 3.63) is 53.2 Å². The molecule has 5 nitrogen and oxygen atoms in total. The Bertz CT molecular complexity index is 763. The molecule has 6 heteroatoms. The monoisotopic (exact) mass is 286 g/mol. The van der Waals surface area contributed by atoms with E-state index in [1.807, 2.05) is 36.4 Å². The molecule has 2 heterocycles. The molecule has 0 radical (unpaired) electrons. The van der Waals surface area contributed by atoms with E-state index in [0.717, 1.165) is 16.6 Å². The Kier molecular flexibility index (Phi) is 3.43. The van der Waals surface area contributed by atoms with Crippen molar-refractivity contribution in [2.75, 3.05) is 7.11 Å². The summed E-state index contributed by atoms with van der Waals surface area (Å²) in [6.07, 6.45) is 0.476. The molecular weight excluding hydrogens is 276 g/mol. The molecule has 0 fully saturated rings. The van der Waals surface area contributed by atoms with Gasteiger partial charge in [0.05, 0.1) is 19.0 Å². The zero-order valence-corrected chi connectivity index (χ0v) is 11.5. The average Bonchev–Trinajstić information content (AvgIpc) is 2.46. The van der Waals surface area contributed by atoms with Crippen LogP contribution in [0.25, 0.3) is 10.9 Å². The van der Waals surface area contributed by atoms with Gasteiger partial charge in [0.25, 0.3) is 0 Å². The van der Waals surface area contributed by atoms with Crippen molar-refractivity contribution in [1.29, 1.82) is 0 Å². The lowest BCUT2D eigenvalue weighted by Crippen LogP contribution is -2.03. The van der Waals surface area contributed by atoms with Crippen molar-refractivity contribution >= 4 is 22.5 Å². The molecule has 0 saturated carbocycles. The first-order chi connectivity index (χ1) is 9.74. The van der Waals surface area contributed by atoms with E-state index < -0.39 is 0 Å². The van der Waals surface area contributed by atoms with E-state index in [1.165, 1.54) is 7.11 Å². The van der Waals surface area contributed by atoms with Crippen molar-refractivity contribution in [2.45, 2.75) is 6.42 Å². The number of hydrogen-bond donors (Lipinski definition) is 0. The highest BCUT2D eigenvalue weighted by atomic mass is 35.5. The first-order valence-corrected chi connectivity index (χ1v) is 6.41. The van der Waals surface area contributed by atoms with E-state index in [0.29, 0.717) is 12.2 Å². The van der Waals surface area contributed by atoms with Crippen molar-refractivity contribution in [1.82, 2.24) is 19.9 Å². The van der Waals surface area contributed by atoms with E-state index in [4.69, 9.17) is 16.3 Å². The second-order valence-electron chi connectivity index (χ2n) is 4.18. The first-order valence-electron chi connectivity index (χ1n) is 6.04. The maximum Gasteiger partial charge on any atom is 0.320 e. The number of para-hydroxylation sites is 1. The van der Waals surface area contributed by atoms with Gasteiger partial charge in [-0.15, -0.1) is 0 Å². The fraction of sp³-hybridized carbons (Fsp3) is 0.143. The number of fused-ring (bicyclic) bond motifs is 1. The lowest BCUT2D eigenvalue weighted by molar-refractivity contribution is 0.376. The Labute approximate surface area is 120 Å². The summed E-state index contributed by atoms with van der Waals surface area (Å²) in [5, 5.41) is 1.22. The van der Waals surface area contributed by atoms with Gasteiger partial charge in [-0.05, 0) is 23.7 Å². The van der Waals surface area contributed by atoms with Crippen LogP contribution in [-0.2, 0) is 6.42 Å². The summed E-state index contributed by atoms with van der Waals surface area (Å²) in [6.45, 7) is 0. The Morgan fingerprint density at radius 3 is 2.70 bits per heavy atom. The summed E-state index contributed by atoms with van der Waals surface area (Å²) in [5.74, 6) is 0.532. The molecular formula is C14H11ClN4O. The molecule has 0 atom stereocenters. The maximum absolute atomic E-state index is 5.83. The van der Waals surface area contributed by atoms with Gasteiger partial charge in [0.1, 0.15) is 5.82 Å². The average molecular weight is 287 g/mol. The van der Waals surface area contributed by atoms with Gasteiger partial charge in [0, 0.05) is 11.1 Å². The Morgan fingerprint density at radius 1 is 1.00 bits per heavy atom. The summed E-state index contributed by atoms with van der Waals surface area (Å²) >= 11 is 5.83. The summed E-state index contributed by atoms with van der Waals surface area (Å²) < 4.78 is 4.98.